The average molecular weight is 417 g/mol. The Morgan fingerprint density at radius 1 is 1.23 bits per heavy atom. The molecule has 0 saturated carbocycles. The molecule has 8 heteroatoms. The van der Waals surface area contributed by atoms with Crippen molar-refractivity contribution in [3.05, 3.63) is 46.0 Å². The smallest absolute Gasteiger partial charge is 0.407 e. The first-order valence-electron chi connectivity index (χ1n) is 10.3. The van der Waals surface area contributed by atoms with Crippen LogP contribution in [-0.4, -0.2) is 61.9 Å². The van der Waals surface area contributed by atoms with Crippen LogP contribution in [0.15, 0.2) is 29.1 Å². The van der Waals surface area contributed by atoms with Crippen molar-refractivity contribution in [1.82, 2.24) is 14.4 Å². The summed E-state index contributed by atoms with van der Waals surface area (Å²) in [5, 5.41) is 21.8. The molecule has 0 aliphatic carbocycles. The largest absolute Gasteiger partial charge is 0.465 e. The van der Waals surface area contributed by atoms with Gasteiger partial charge in [0.2, 0.25) is 0 Å². The van der Waals surface area contributed by atoms with E-state index in [1.807, 2.05) is 25.7 Å². The number of carbonyl (C=O) groups is 1. The fourth-order valence-electron chi connectivity index (χ4n) is 5.13. The molecule has 2 aromatic rings. The number of carboxylic acid groups (broad SMARTS) is 1. The van der Waals surface area contributed by atoms with Gasteiger partial charge >= 0.3 is 6.09 Å². The van der Waals surface area contributed by atoms with E-state index in [1.165, 1.54) is 21.6 Å². The summed E-state index contributed by atoms with van der Waals surface area (Å²) in [5.41, 5.74) is -1.61. The lowest BCUT2D eigenvalue weighted by Gasteiger charge is -2.44. The van der Waals surface area contributed by atoms with E-state index in [9.17, 15) is 24.2 Å². The zero-order valence-electron chi connectivity index (χ0n) is 17.6. The summed E-state index contributed by atoms with van der Waals surface area (Å²) < 4.78 is 16.2. The number of amides is 1. The third-order valence-electron chi connectivity index (χ3n) is 6.32. The SMILES string of the molecule is CC(C)(C)N(C(=O)O)C1CCN(CC2(O)Cn3c(=O)ccc4ccc(F)c2c43)CC1. The second kappa shape index (κ2) is 7.06. The number of hydrogen-bond donors (Lipinski definition) is 2. The number of nitrogens with zero attached hydrogens (tertiary/aromatic N) is 3. The monoisotopic (exact) mass is 417 g/mol. The Labute approximate surface area is 174 Å². The number of benzene rings is 1. The van der Waals surface area contributed by atoms with Gasteiger partial charge in [0.1, 0.15) is 11.4 Å². The molecule has 0 spiro atoms. The Bertz CT molecular complexity index is 1050. The van der Waals surface area contributed by atoms with Crippen molar-refractivity contribution < 1.29 is 19.4 Å². The van der Waals surface area contributed by atoms with Crippen molar-refractivity contribution in [1.29, 1.82) is 0 Å². The van der Waals surface area contributed by atoms with Gasteiger partial charge in [0, 0.05) is 42.8 Å². The molecule has 1 aromatic heterocycles. The second-order valence-corrected chi connectivity index (χ2v) is 9.48. The van der Waals surface area contributed by atoms with Gasteiger partial charge in [-0.15, -0.1) is 0 Å². The van der Waals surface area contributed by atoms with Gasteiger partial charge in [-0.2, -0.15) is 0 Å². The van der Waals surface area contributed by atoms with Crippen LogP contribution in [0.25, 0.3) is 10.9 Å². The Hall–Kier alpha value is -2.45. The van der Waals surface area contributed by atoms with Crippen LogP contribution in [0.4, 0.5) is 9.18 Å². The minimum absolute atomic E-state index is 0.0165. The maximum Gasteiger partial charge on any atom is 0.407 e. The predicted octanol–water partition coefficient (Wildman–Crippen LogP) is 2.58. The molecule has 30 heavy (non-hydrogen) atoms. The summed E-state index contributed by atoms with van der Waals surface area (Å²) in [7, 11) is 0. The summed E-state index contributed by atoms with van der Waals surface area (Å²) in [6.07, 6.45) is 0.345. The number of rotatable bonds is 3. The number of aliphatic hydroxyl groups is 1. The van der Waals surface area contributed by atoms with Crippen molar-refractivity contribution in [3.63, 3.8) is 0 Å². The van der Waals surface area contributed by atoms with Gasteiger partial charge in [0.05, 0.1) is 12.1 Å². The molecule has 2 aliphatic rings. The normalized spacial score (nSPS) is 22.6. The van der Waals surface area contributed by atoms with Crippen molar-refractivity contribution in [2.45, 2.75) is 57.3 Å². The van der Waals surface area contributed by atoms with Crippen LogP contribution < -0.4 is 5.56 Å². The lowest BCUT2D eigenvalue weighted by Crippen LogP contribution is -2.55. The van der Waals surface area contributed by atoms with Gasteiger partial charge in [-0.3, -0.25) is 9.69 Å². The Kier molecular flexibility index (Phi) is 4.90. The van der Waals surface area contributed by atoms with Gasteiger partial charge in [0.15, 0.2) is 0 Å². The number of hydrogen-bond acceptors (Lipinski definition) is 4. The number of aromatic nitrogens is 1. The maximum atomic E-state index is 14.8. The van der Waals surface area contributed by atoms with E-state index in [4.69, 9.17) is 0 Å². The first-order valence-corrected chi connectivity index (χ1v) is 10.3. The molecule has 162 valence electrons. The highest BCUT2D eigenvalue weighted by atomic mass is 19.1. The summed E-state index contributed by atoms with van der Waals surface area (Å²) in [4.78, 5) is 27.6. The van der Waals surface area contributed by atoms with Crippen LogP contribution in [0.3, 0.4) is 0 Å². The number of halogens is 1. The molecule has 1 fully saturated rings. The molecule has 1 aromatic carbocycles. The molecular weight excluding hydrogens is 389 g/mol. The number of β-amino-alcohol motifs (C(OH)–C–C–N with tert-alkyl or cyclic N) is 1. The van der Waals surface area contributed by atoms with Crippen molar-refractivity contribution in [2.24, 2.45) is 0 Å². The zero-order valence-corrected chi connectivity index (χ0v) is 17.6. The first-order chi connectivity index (χ1) is 14.0. The highest BCUT2D eigenvalue weighted by Gasteiger charge is 2.43. The Morgan fingerprint density at radius 2 is 1.87 bits per heavy atom. The topological polar surface area (TPSA) is 86.0 Å². The third-order valence-corrected chi connectivity index (χ3v) is 6.32. The molecule has 3 heterocycles. The molecule has 7 nitrogen and oxygen atoms in total. The van der Waals surface area contributed by atoms with E-state index in [0.29, 0.717) is 31.4 Å². The van der Waals surface area contributed by atoms with Gasteiger partial charge in [-0.05, 0) is 57.2 Å². The fourth-order valence-corrected chi connectivity index (χ4v) is 5.13. The fraction of sp³-hybridized carbons (Fsp3) is 0.545. The van der Waals surface area contributed by atoms with Gasteiger partial charge in [0.25, 0.3) is 5.56 Å². The van der Waals surface area contributed by atoms with E-state index in [1.54, 1.807) is 12.1 Å². The molecule has 0 bridgehead atoms. The summed E-state index contributed by atoms with van der Waals surface area (Å²) in [6, 6.07) is 5.95. The highest BCUT2D eigenvalue weighted by molar-refractivity contribution is 5.85. The third kappa shape index (κ3) is 3.37. The summed E-state index contributed by atoms with van der Waals surface area (Å²) >= 11 is 0. The molecule has 0 radical (unpaired) electrons. The van der Waals surface area contributed by atoms with Crippen molar-refractivity contribution in [2.75, 3.05) is 19.6 Å². The van der Waals surface area contributed by atoms with E-state index in [2.05, 4.69) is 0 Å². The molecule has 1 saturated heterocycles. The molecule has 1 amide bonds. The number of piperidine rings is 1. The molecular formula is C22H28FN3O4. The van der Waals surface area contributed by atoms with Crippen LogP contribution in [-0.2, 0) is 12.1 Å². The Morgan fingerprint density at radius 3 is 2.47 bits per heavy atom. The lowest BCUT2D eigenvalue weighted by molar-refractivity contribution is -0.0252. The van der Waals surface area contributed by atoms with Gasteiger partial charge < -0.3 is 19.7 Å². The summed E-state index contributed by atoms with van der Waals surface area (Å²) in [6.45, 7) is 7.04. The summed E-state index contributed by atoms with van der Waals surface area (Å²) in [5.74, 6) is -0.512. The number of pyridine rings is 1. The maximum absolute atomic E-state index is 14.8. The van der Waals surface area contributed by atoms with Crippen molar-refractivity contribution >= 4 is 17.0 Å². The molecule has 2 N–H and O–H groups in total. The van der Waals surface area contributed by atoms with Crippen LogP contribution in [0.1, 0.15) is 39.2 Å². The lowest BCUT2D eigenvalue weighted by atomic mass is 9.91. The predicted molar refractivity (Wildman–Crippen MR) is 111 cm³/mol. The van der Waals surface area contributed by atoms with E-state index < -0.39 is 23.1 Å². The van der Waals surface area contributed by atoms with Gasteiger partial charge in [-0.25, -0.2) is 9.18 Å². The minimum Gasteiger partial charge on any atom is -0.465 e. The van der Waals surface area contributed by atoms with Crippen LogP contribution in [0.5, 0.6) is 0 Å². The standard InChI is InChI=1S/C22H28FN3O4/c1-21(2,3)26(20(28)29)15-8-10-24(11-9-15)12-22(30)13-25-17(27)7-5-14-4-6-16(23)18(22)19(14)25/h4-7,15,30H,8-13H2,1-3H3,(H,28,29). The van der Waals surface area contributed by atoms with Crippen molar-refractivity contribution in [3.8, 4) is 0 Å². The Balaban J connectivity index is 1.55. The van der Waals surface area contributed by atoms with E-state index in [-0.39, 0.29) is 30.3 Å². The molecule has 1 unspecified atom stereocenters. The molecule has 2 aliphatic heterocycles. The average Bonchev–Trinajstić information content (AvgIpc) is 2.95. The molecule has 4 rings (SSSR count). The van der Waals surface area contributed by atoms with E-state index in [0.717, 1.165) is 5.39 Å². The van der Waals surface area contributed by atoms with Crippen LogP contribution >= 0.6 is 0 Å². The zero-order chi connectivity index (χ0) is 21.8. The second-order valence-electron chi connectivity index (χ2n) is 9.48. The number of likely N-dealkylation sites (tertiary alicyclic amines) is 1. The first kappa shape index (κ1) is 20.8. The van der Waals surface area contributed by atoms with Crippen LogP contribution in [0, 0.1) is 5.82 Å². The van der Waals surface area contributed by atoms with Crippen LogP contribution in [0.2, 0.25) is 0 Å². The minimum atomic E-state index is -1.50. The highest BCUT2D eigenvalue weighted by Crippen LogP contribution is 2.39. The van der Waals surface area contributed by atoms with E-state index >= 15 is 0 Å². The molecule has 1 atom stereocenters. The quantitative estimate of drug-likeness (QED) is 0.802. The van der Waals surface area contributed by atoms with Gasteiger partial charge in [-0.1, -0.05) is 0 Å².